The zero-order valence-electron chi connectivity index (χ0n) is 10.3. The SMILES string of the molecule is COc1ccc(NC(=O)c2ccccc2[N+]#N)cc1. The molecule has 0 saturated carbocycles. The predicted molar refractivity (Wildman–Crippen MR) is 72.1 cm³/mol. The number of nitrogens with zero attached hydrogens (tertiary/aromatic N) is 2. The van der Waals surface area contributed by atoms with Gasteiger partial charge in [-0.25, -0.2) is 0 Å². The van der Waals surface area contributed by atoms with E-state index in [1.807, 2.05) is 0 Å². The van der Waals surface area contributed by atoms with Gasteiger partial charge in [0.05, 0.1) is 7.11 Å². The molecule has 0 aliphatic carbocycles. The second kappa shape index (κ2) is 5.65. The minimum atomic E-state index is -0.335. The monoisotopic (exact) mass is 254 g/mol. The number of amides is 1. The Morgan fingerprint density at radius 1 is 1.16 bits per heavy atom. The quantitative estimate of drug-likeness (QED) is 0.853. The van der Waals surface area contributed by atoms with Crippen molar-refractivity contribution in [1.82, 2.24) is 0 Å². The highest BCUT2D eigenvalue weighted by molar-refractivity contribution is 6.08. The van der Waals surface area contributed by atoms with Crippen LogP contribution in [0.3, 0.4) is 0 Å². The minimum Gasteiger partial charge on any atom is -0.497 e. The van der Waals surface area contributed by atoms with Gasteiger partial charge in [0.15, 0.2) is 4.98 Å². The van der Waals surface area contributed by atoms with E-state index in [2.05, 4.69) is 10.3 Å². The van der Waals surface area contributed by atoms with Crippen molar-refractivity contribution in [3.63, 3.8) is 0 Å². The third-order valence-corrected chi connectivity index (χ3v) is 2.60. The van der Waals surface area contributed by atoms with E-state index in [0.29, 0.717) is 17.0 Å². The fourth-order valence-corrected chi connectivity index (χ4v) is 1.63. The lowest BCUT2D eigenvalue weighted by molar-refractivity contribution is 0.102. The Morgan fingerprint density at radius 2 is 1.84 bits per heavy atom. The van der Waals surface area contributed by atoms with E-state index < -0.39 is 0 Å². The normalized spacial score (nSPS) is 9.47. The molecule has 0 saturated heterocycles. The number of benzene rings is 2. The van der Waals surface area contributed by atoms with Crippen LogP contribution in [0.25, 0.3) is 4.98 Å². The Bertz CT molecular complexity index is 630. The zero-order chi connectivity index (χ0) is 13.7. The number of ether oxygens (including phenoxy) is 1. The maximum Gasteiger partial charge on any atom is 0.397 e. The van der Waals surface area contributed by atoms with E-state index >= 15 is 0 Å². The molecule has 0 spiro atoms. The van der Waals surface area contributed by atoms with Crippen LogP contribution in [0.5, 0.6) is 5.75 Å². The first-order chi connectivity index (χ1) is 9.24. The largest absolute Gasteiger partial charge is 0.497 e. The summed E-state index contributed by atoms with van der Waals surface area (Å²) in [5.41, 5.74) is 1.17. The molecule has 0 aliphatic rings. The number of carbonyl (C=O) groups excluding carboxylic acids is 1. The Hall–Kier alpha value is -2.87. The van der Waals surface area contributed by atoms with Crippen molar-refractivity contribution in [2.24, 2.45) is 0 Å². The Kier molecular flexibility index (Phi) is 3.74. The van der Waals surface area contributed by atoms with Crippen LogP contribution in [0.1, 0.15) is 10.4 Å². The van der Waals surface area contributed by atoms with Gasteiger partial charge in [0.1, 0.15) is 11.3 Å². The van der Waals surface area contributed by atoms with Gasteiger partial charge in [-0.15, -0.1) is 0 Å². The highest BCUT2D eigenvalue weighted by atomic mass is 16.5. The third kappa shape index (κ3) is 2.87. The van der Waals surface area contributed by atoms with Gasteiger partial charge < -0.3 is 10.1 Å². The van der Waals surface area contributed by atoms with E-state index in [9.17, 15) is 4.79 Å². The summed E-state index contributed by atoms with van der Waals surface area (Å²) < 4.78 is 5.03. The summed E-state index contributed by atoms with van der Waals surface area (Å²) in [6.45, 7) is 0. The first-order valence-electron chi connectivity index (χ1n) is 5.64. The summed E-state index contributed by atoms with van der Waals surface area (Å²) >= 11 is 0. The topological polar surface area (TPSA) is 66.5 Å². The molecule has 2 aromatic carbocycles. The summed E-state index contributed by atoms with van der Waals surface area (Å²) in [5, 5.41) is 11.5. The van der Waals surface area contributed by atoms with E-state index in [4.69, 9.17) is 10.1 Å². The number of methoxy groups -OCH3 is 1. The van der Waals surface area contributed by atoms with Crippen LogP contribution in [0, 0.1) is 5.39 Å². The molecule has 0 aliphatic heterocycles. The van der Waals surface area contributed by atoms with E-state index in [-0.39, 0.29) is 11.6 Å². The molecule has 19 heavy (non-hydrogen) atoms. The Labute approximate surface area is 110 Å². The smallest absolute Gasteiger partial charge is 0.397 e. The van der Waals surface area contributed by atoms with Gasteiger partial charge in [-0.2, -0.15) is 0 Å². The van der Waals surface area contributed by atoms with Crippen LogP contribution in [0.2, 0.25) is 0 Å². The second-order valence-corrected chi connectivity index (χ2v) is 3.80. The minimum absolute atomic E-state index is 0.230. The Balaban J connectivity index is 2.19. The first kappa shape index (κ1) is 12.6. The molecule has 94 valence electrons. The van der Waals surface area contributed by atoms with E-state index in [1.54, 1.807) is 55.6 Å². The zero-order valence-corrected chi connectivity index (χ0v) is 10.3. The molecule has 0 radical (unpaired) electrons. The number of anilines is 1. The number of rotatable bonds is 3. The Morgan fingerprint density at radius 3 is 2.47 bits per heavy atom. The van der Waals surface area contributed by atoms with Crippen molar-refractivity contribution in [2.75, 3.05) is 12.4 Å². The average molecular weight is 254 g/mol. The van der Waals surface area contributed by atoms with Gasteiger partial charge in [-0.1, -0.05) is 12.1 Å². The van der Waals surface area contributed by atoms with Crippen molar-refractivity contribution in [1.29, 1.82) is 5.39 Å². The van der Waals surface area contributed by atoms with Gasteiger partial charge in [-0.3, -0.25) is 4.79 Å². The number of nitrogens with one attached hydrogen (secondary N) is 1. The fraction of sp³-hybridized carbons (Fsp3) is 0.0714. The van der Waals surface area contributed by atoms with Crippen molar-refractivity contribution in [3.05, 3.63) is 59.1 Å². The molecule has 0 unspecified atom stereocenters. The van der Waals surface area contributed by atoms with E-state index in [0.717, 1.165) is 0 Å². The first-order valence-corrected chi connectivity index (χ1v) is 5.64. The molecule has 0 atom stereocenters. The van der Waals surface area contributed by atoms with Crippen LogP contribution in [-0.2, 0) is 0 Å². The maximum absolute atomic E-state index is 12.0. The number of hydrogen-bond donors (Lipinski definition) is 1. The molecule has 2 aromatic rings. The fourth-order valence-electron chi connectivity index (χ4n) is 1.63. The lowest BCUT2D eigenvalue weighted by atomic mass is 10.1. The van der Waals surface area contributed by atoms with Crippen LogP contribution in [0.4, 0.5) is 11.4 Å². The van der Waals surface area contributed by atoms with Gasteiger partial charge in [0.2, 0.25) is 5.39 Å². The summed E-state index contributed by atoms with van der Waals surface area (Å²) in [6.07, 6.45) is 0. The van der Waals surface area contributed by atoms with Gasteiger partial charge >= 0.3 is 5.69 Å². The molecular weight excluding hydrogens is 242 g/mol. The molecule has 1 amide bonds. The van der Waals surface area contributed by atoms with Gasteiger partial charge in [-0.05, 0) is 30.3 Å². The van der Waals surface area contributed by atoms with E-state index in [1.165, 1.54) is 0 Å². The molecule has 0 aromatic heterocycles. The van der Waals surface area contributed by atoms with Crippen molar-refractivity contribution >= 4 is 17.3 Å². The predicted octanol–water partition coefficient (Wildman–Crippen LogP) is 3.43. The highest BCUT2D eigenvalue weighted by Gasteiger charge is 2.19. The lowest BCUT2D eigenvalue weighted by Gasteiger charge is -2.05. The average Bonchev–Trinajstić information content (AvgIpc) is 2.48. The van der Waals surface area contributed by atoms with Gasteiger partial charge in [0.25, 0.3) is 5.91 Å². The van der Waals surface area contributed by atoms with Crippen LogP contribution >= 0.6 is 0 Å². The number of hydrogen-bond acceptors (Lipinski definition) is 3. The third-order valence-electron chi connectivity index (χ3n) is 2.60. The molecular formula is C14H12N3O2+. The molecule has 5 nitrogen and oxygen atoms in total. The summed E-state index contributed by atoms with van der Waals surface area (Å²) in [5.74, 6) is 0.377. The van der Waals surface area contributed by atoms with Crippen molar-refractivity contribution in [2.45, 2.75) is 0 Å². The van der Waals surface area contributed by atoms with Crippen molar-refractivity contribution in [3.8, 4) is 5.75 Å². The molecule has 0 heterocycles. The summed E-state index contributed by atoms with van der Waals surface area (Å²) in [6, 6.07) is 13.5. The van der Waals surface area contributed by atoms with Crippen LogP contribution < -0.4 is 10.1 Å². The molecule has 5 heteroatoms. The van der Waals surface area contributed by atoms with Gasteiger partial charge in [0, 0.05) is 11.8 Å². The molecule has 1 N–H and O–H groups in total. The lowest BCUT2D eigenvalue weighted by Crippen LogP contribution is -2.11. The maximum atomic E-state index is 12.0. The molecule has 2 rings (SSSR count). The van der Waals surface area contributed by atoms with Crippen LogP contribution in [0.15, 0.2) is 48.5 Å². The summed E-state index contributed by atoms with van der Waals surface area (Å²) in [4.78, 5) is 15.1. The van der Waals surface area contributed by atoms with Crippen LogP contribution in [-0.4, -0.2) is 13.0 Å². The number of carbonyl (C=O) groups is 1. The number of diazo groups is 1. The second-order valence-electron chi connectivity index (χ2n) is 3.80. The molecule has 0 bridgehead atoms. The van der Waals surface area contributed by atoms with Crippen molar-refractivity contribution < 1.29 is 9.53 Å². The highest BCUT2D eigenvalue weighted by Crippen LogP contribution is 2.21. The standard InChI is InChI=1S/C14H11N3O2/c1-19-11-8-6-10(7-9-11)16-14(18)12-4-2-3-5-13(12)17-15/h2-9H,1H3/p+1. The molecule has 0 fully saturated rings. The summed E-state index contributed by atoms with van der Waals surface area (Å²) in [7, 11) is 1.58.